The zero-order chi connectivity index (χ0) is 36.1. The van der Waals surface area contributed by atoms with E-state index in [0.717, 1.165) is 36.2 Å². The van der Waals surface area contributed by atoms with Crippen LogP contribution in [0.25, 0.3) is 0 Å². The number of hydrogen-bond acceptors (Lipinski definition) is 9. The van der Waals surface area contributed by atoms with Crippen LogP contribution in [0.4, 0.5) is 0 Å². The van der Waals surface area contributed by atoms with E-state index >= 15 is 0 Å². The monoisotopic (exact) mass is 712 g/mol. The normalized spacial score (nSPS) is 19.5. The summed E-state index contributed by atoms with van der Waals surface area (Å²) in [6.07, 6.45) is 8.70. The number of amides is 4. The van der Waals surface area contributed by atoms with Crippen molar-refractivity contribution in [1.29, 1.82) is 0 Å². The maximum atomic E-state index is 14.3. The fourth-order valence-electron chi connectivity index (χ4n) is 7.30. The number of rotatable bonds is 6. The molecule has 0 radical (unpaired) electrons. The van der Waals surface area contributed by atoms with E-state index in [9.17, 15) is 19.2 Å². The molecule has 3 aromatic heterocycles. The van der Waals surface area contributed by atoms with Crippen molar-refractivity contribution >= 4 is 23.6 Å². The Kier molecular flexibility index (Phi) is 10.4. The van der Waals surface area contributed by atoms with E-state index in [1.807, 2.05) is 33.7 Å². The molecule has 0 spiro atoms. The predicted molar refractivity (Wildman–Crippen MR) is 186 cm³/mol. The summed E-state index contributed by atoms with van der Waals surface area (Å²) in [7, 11) is 1.63. The largest absolute Gasteiger partial charge is 0.494 e. The first kappa shape index (κ1) is 35.0. The van der Waals surface area contributed by atoms with Crippen LogP contribution in [0.2, 0.25) is 0 Å². The van der Waals surface area contributed by atoms with Crippen molar-refractivity contribution in [3.8, 4) is 5.75 Å². The van der Waals surface area contributed by atoms with Crippen LogP contribution in [-0.4, -0.2) is 106 Å². The molecule has 3 aliphatic rings. The summed E-state index contributed by atoms with van der Waals surface area (Å²) in [6.45, 7) is 1.84. The Morgan fingerprint density at radius 1 is 1.02 bits per heavy atom. The zero-order valence-electron chi connectivity index (χ0n) is 29.3. The molecule has 1 atom stereocenters. The number of methoxy groups -OCH3 is 1. The van der Waals surface area contributed by atoms with Crippen molar-refractivity contribution in [3.63, 3.8) is 0 Å². The molecule has 1 fully saturated rings. The second-order valence-electron chi connectivity index (χ2n) is 13.6. The van der Waals surface area contributed by atoms with Crippen molar-refractivity contribution in [2.75, 3.05) is 53.0 Å². The zero-order valence-corrected chi connectivity index (χ0v) is 29.3. The van der Waals surface area contributed by atoms with Crippen LogP contribution in [0.1, 0.15) is 65.0 Å². The number of aromatic nitrogens is 4. The molecule has 0 saturated heterocycles. The number of ether oxygens (including phenoxy) is 2. The minimum absolute atomic E-state index is 0.00314. The molecular formula is C37H44N8O7. The van der Waals surface area contributed by atoms with Gasteiger partial charge in [0.25, 0.3) is 5.91 Å². The summed E-state index contributed by atoms with van der Waals surface area (Å²) < 4.78 is 21.0. The number of furan rings is 1. The van der Waals surface area contributed by atoms with Gasteiger partial charge in [-0.2, -0.15) is 5.10 Å². The van der Waals surface area contributed by atoms with Gasteiger partial charge < -0.3 is 38.9 Å². The highest BCUT2D eigenvalue weighted by molar-refractivity contribution is 5.94. The number of hydrogen-bond donors (Lipinski definition) is 2. The smallest absolute Gasteiger partial charge is 0.290 e. The molecule has 4 amide bonds. The van der Waals surface area contributed by atoms with E-state index in [4.69, 9.17) is 18.9 Å². The molecule has 15 heteroatoms. The molecule has 1 saturated carbocycles. The molecule has 52 heavy (non-hydrogen) atoms. The summed E-state index contributed by atoms with van der Waals surface area (Å²) in [5.74, 6) is 0.233. The molecule has 1 aromatic carbocycles. The lowest BCUT2D eigenvalue weighted by Gasteiger charge is -2.46. The minimum Gasteiger partial charge on any atom is -0.494 e. The van der Waals surface area contributed by atoms with Gasteiger partial charge in [0, 0.05) is 57.8 Å². The molecule has 15 nitrogen and oxygen atoms in total. The first-order valence-corrected chi connectivity index (χ1v) is 17.8. The first-order chi connectivity index (χ1) is 25.3. The summed E-state index contributed by atoms with van der Waals surface area (Å²) in [5.41, 5.74) is 1.93. The Bertz CT molecular complexity index is 1900. The lowest BCUT2D eigenvalue weighted by Crippen LogP contribution is -2.53. The van der Waals surface area contributed by atoms with Crippen molar-refractivity contribution < 1.29 is 33.1 Å². The standard InChI is InChI=1S/C37H44N8O7/c1-50-24-37(11-3-12-37)36(49)45-17-10-29-33-34(45)26-6-2-7-27(20-26)51-19-5-13-38-31(46)22-42(18-15-39-32(47)23-43(29)25-40-33)35(48)30-9-8-28(52-30)21-44-16-4-14-41-44/h2,4,6-9,14,16,20,25,34H,3,5,10-13,15,17-19,21-24H2,1H3,(H,38,46)(H,39,47). The van der Waals surface area contributed by atoms with Crippen LogP contribution in [0.3, 0.4) is 0 Å². The van der Waals surface area contributed by atoms with Crippen LogP contribution >= 0.6 is 0 Å². The van der Waals surface area contributed by atoms with Gasteiger partial charge in [0.2, 0.25) is 17.7 Å². The van der Waals surface area contributed by atoms with Crippen molar-refractivity contribution in [3.05, 3.63) is 89.7 Å². The lowest BCUT2D eigenvalue weighted by molar-refractivity contribution is -0.154. The molecule has 5 heterocycles. The van der Waals surface area contributed by atoms with Gasteiger partial charge >= 0.3 is 0 Å². The van der Waals surface area contributed by atoms with Crippen LogP contribution in [0.15, 0.2) is 65.6 Å². The van der Waals surface area contributed by atoms with Crippen LogP contribution < -0.4 is 15.4 Å². The molecular weight excluding hydrogens is 668 g/mol. The third kappa shape index (κ3) is 7.45. The molecule has 7 rings (SSSR count). The quantitative estimate of drug-likeness (QED) is 0.305. The maximum Gasteiger partial charge on any atom is 0.290 e. The molecule has 4 aromatic rings. The number of nitrogens with one attached hydrogen (secondary N) is 2. The van der Waals surface area contributed by atoms with Gasteiger partial charge in [0.05, 0.1) is 37.2 Å². The molecule has 1 aliphatic carbocycles. The van der Waals surface area contributed by atoms with E-state index in [-0.39, 0.29) is 49.7 Å². The average molecular weight is 713 g/mol. The Labute approximate surface area is 301 Å². The van der Waals surface area contributed by atoms with Gasteiger partial charge in [0.1, 0.15) is 30.6 Å². The van der Waals surface area contributed by atoms with E-state index in [2.05, 4.69) is 15.7 Å². The van der Waals surface area contributed by atoms with E-state index < -0.39 is 17.4 Å². The van der Waals surface area contributed by atoms with E-state index in [0.29, 0.717) is 57.2 Å². The van der Waals surface area contributed by atoms with Crippen molar-refractivity contribution in [1.82, 2.24) is 39.8 Å². The highest BCUT2D eigenvalue weighted by atomic mass is 16.5. The summed E-state index contributed by atoms with van der Waals surface area (Å²) >= 11 is 0. The Hall–Kier alpha value is -5.44. The second kappa shape index (κ2) is 15.4. The first-order valence-electron chi connectivity index (χ1n) is 17.8. The van der Waals surface area contributed by atoms with E-state index in [1.54, 1.807) is 48.7 Å². The fraction of sp³-hybridized carbons (Fsp3) is 0.459. The summed E-state index contributed by atoms with van der Waals surface area (Å²) in [5, 5.41) is 9.94. The van der Waals surface area contributed by atoms with Crippen LogP contribution in [-0.2, 0) is 38.6 Å². The number of benzene rings is 1. The van der Waals surface area contributed by atoms with Crippen molar-refractivity contribution in [2.24, 2.45) is 5.41 Å². The predicted octanol–water partition coefficient (Wildman–Crippen LogP) is 2.17. The summed E-state index contributed by atoms with van der Waals surface area (Å²) in [6, 6.07) is 12.3. The maximum absolute atomic E-state index is 14.3. The number of carbonyl (C=O) groups is 4. The van der Waals surface area contributed by atoms with Gasteiger partial charge in [-0.3, -0.25) is 23.9 Å². The fourth-order valence-corrected chi connectivity index (χ4v) is 7.30. The van der Waals surface area contributed by atoms with E-state index in [1.165, 1.54) is 4.90 Å². The molecule has 1 unspecified atom stereocenters. The molecule has 2 aliphatic heterocycles. The SMILES string of the molecule is COCC1(C(=O)N2CCc3c4ncn3CC(=O)NCCN(C(=O)c3ccc(Cn5cccn5)o3)CC(=O)NCCCOc3cccc(c3)C42)CCC1. The highest BCUT2D eigenvalue weighted by Crippen LogP contribution is 2.46. The second-order valence-corrected chi connectivity index (χ2v) is 13.6. The third-order valence-corrected chi connectivity index (χ3v) is 10.1. The molecule has 2 N–H and O–H groups in total. The van der Waals surface area contributed by atoms with Gasteiger partial charge in [-0.05, 0) is 55.2 Å². The average Bonchev–Trinajstić information content (AvgIpc) is 3.91. The Morgan fingerprint density at radius 2 is 1.87 bits per heavy atom. The number of nitrogens with zero attached hydrogens (tertiary/aromatic N) is 6. The number of imidazole rings is 1. The Balaban J connectivity index is 1.11. The molecule has 274 valence electrons. The van der Waals surface area contributed by atoms with Crippen molar-refractivity contribution in [2.45, 2.75) is 51.2 Å². The number of carbonyl (C=O) groups excluding carboxylic acids is 4. The third-order valence-electron chi connectivity index (χ3n) is 10.1. The van der Waals surface area contributed by atoms with Crippen LogP contribution in [0.5, 0.6) is 5.75 Å². The van der Waals surface area contributed by atoms with Crippen LogP contribution in [0, 0.1) is 5.41 Å². The highest BCUT2D eigenvalue weighted by Gasteiger charge is 2.49. The summed E-state index contributed by atoms with van der Waals surface area (Å²) in [4.78, 5) is 62.2. The minimum atomic E-state index is -0.550. The van der Waals surface area contributed by atoms with Gasteiger partial charge in [-0.1, -0.05) is 18.6 Å². The van der Waals surface area contributed by atoms with Gasteiger partial charge in [-0.15, -0.1) is 0 Å². The number of fused-ring (bicyclic) bond motifs is 3. The molecule has 6 bridgehead atoms. The van der Waals surface area contributed by atoms with Gasteiger partial charge in [-0.25, -0.2) is 4.98 Å². The van der Waals surface area contributed by atoms with Gasteiger partial charge in [0.15, 0.2) is 5.76 Å². The Morgan fingerprint density at radius 3 is 2.65 bits per heavy atom. The topological polar surface area (TPSA) is 166 Å². The lowest BCUT2D eigenvalue weighted by atomic mass is 9.68.